The predicted molar refractivity (Wildman–Crippen MR) is 85.0 cm³/mol. The van der Waals surface area contributed by atoms with Crippen molar-refractivity contribution < 1.29 is 4.42 Å². The number of nitrogens with zero attached hydrogens (tertiary/aromatic N) is 3. The summed E-state index contributed by atoms with van der Waals surface area (Å²) in [4.78, 5) is 4.39. The van der Waals surface area contributed by atoms with Gasteiger partial charge >= 0.3 is 0 Å². The fourth-order valence-electron chi connectivity index (χ4n) is 1.74. The van der Waals surface area contributed by atoms with Crippen molar-refractivity contribution >= 4 is 34.7 Å². The van der Waals surface area contributed by atoms with E-state index in [4.69, 9.17) is 16.0 Å². The molecule has 0 aliphatic heterocycles. The van der Waals surface area contributed by atoms with Gasteiger partial charge in [0.05, 0.1) is 17.1 Å². The highest BCUT2D eigenvalue weighted by Gasteiger charge is 2.09. The van der Waals surface area contributed by atoms with Gasteiger partial charge in [0.25, 0.3) is 5.22 Å². The first kappa shape index (κ1) is 14.6. The summed E-state index contributed by atoms with van der Waals surface area (Å²) in [5.41, 5.74) is 2.13. The van der Waals surface area contributed by atoms with E-state index in [1.54, 1.807) is 11.3 Å². The highest BCUT2D eigenvalue weighted by atomic mass is 35.5. The number of hydrogen-bond acceptors (Lipinski definition) is 6. The van der Waals surface area contributed by atoms with E-state index in [9.17, 15) is 0 Å². The van der Waals surface area contributed by atoms with Crippen molar-refractivity contribution in [1.82, 2.24) is 15.2 Å². The lowest BCUT2D eigenvalue weighted by molar-refractivity contribution is 0.419. The second kappa shape index (κ2) is 6.60. The summed E-state index contributed by atoms with van der Waals surface area (Å²) in [5.74, 6) is 1.37. The van der Waals surface area contributed by atoms with Crippen LogP contribution in [0.1, 0.15) is 22.2 Å². The molecule has 3 aromatic rings. The monoisotopic (exact) mass is 337 g/mol. The van der Waals surface area contributed by atoms with Crippen molar-refractivity contribution in [2.24, 2.45) is 0 Å². The Kier molecular flexibility index (Phi) is 4.57. The Labute approximate surface area is 135 Å². The largest absolute Gasteiger partial charge is 0.416 e. The predicted octanol–water partition coefficient (Wildman–Crippen LogP) is 4.37. The molecule has 0 bridgehead atoms. The van der Waals surface area contributed by atoms with Crippen LogP contribution in [0.4, 0.5) is 0 Å². The number of aryl methyl sites for hydroxylation is 1. The molecule has 0 saturated heterocycles. The van der Waals surface area contributed by atoms with Crippen LogP contribution >= 0.6 is 34.7 Å². The van der Waals surface area contributed by atoms with Gasteiger partial charge in [-0.25, -0.2) is 4.98 Å². The molecule has 0 amide bonds. The molecule has 0 aliphatic carbocycles. The van der Waals surface area contributed by atoms with E-state index in [2.05, 4.69) is 15.2 Å². The summed E-state index contributed by atoms with van der Waals surface area (Å²) in [6.45, 7) is 1.98. The molecule has 7 heteroatoms. The van der Waals surface area contributed by atoms with E-state index in [-0.39, 0.29) is 0 Å². The Morgan fingerprint density at radius 3 is 2.76 bits per heavy atom. The van der Waals surface area contributed by atoms with Crippen LogP contribution in [-0.4, -0.2) is 15.2 Å². The van der Waals surface area contributed by atoms with Crippen molar-refractivity contribution in [3.8, 4) is 0 Å². The van der Waals surface area contributed by atoms with Crippen LogP contribution in [0.25, 0.3) is 0 Å². The normalized spacial score (nSPS) is 11.0. The first-order valence-electron chi connectivity index (χ1n) is 6.29. The van der Waals surface area contributed by atoms with E-state index >= 15 is 0 Å². The molecular weight excluding hydrogens is 326 g/mol. The molecule has 4 nitrogen and oxygen atoms in total. The van der Waals surface area contributed by atoms with Gasteiger partial charge < -0.3 is 4.42 Å². The maximum atomic E-state index is 5.86. The fourth-order valence-corrected chi connectivity index (χ4v) is 3.21. The third-order valence-electron chi connectivity index (χ3n) is 2.72. The minimum atomic E-state index is 0.576. The number of thiazole rings is 1. The van der Waals surface area contributed by atoms with E-state index in [1.165, 1.54) is 17.3 Å². The lowest BCUT2D eigenvalue weighted by Gasteiger charge is -1.97. The van der Waals surface area contributed by atoms with Crippen LogP contribution in [0.2, 0.25) is 5.02 Å². The van der Waals surface area contributed by atoms with Gasteiger partial charge in [0.1, 0.15) is 0 Å². The maximum Gasteiger partial charge on any atom is 0.276 e. The van der Waals surface area contributed by atoms with Gasteiger partial charge in [0.2, 0.25) is 5.89 Å². The highest BCUT2D eigenvalue weighted by Crippen LogP contribution is 2.23. The molecule has 0 unspecified atom stereocenters. The summed E-state index contributed by atoms with van der Waals surface area (Å²) in [7, 11) is 0. The standard InChI is InChI=1S/C14H12ClN3OS2/c1-9-16-12(8-20-9)6-13-17-18-14(19-13)21-7-10-2-4-11(15)5-3-10/h2-5,8H,6-7H2,1H3. The topological polar surface area (TPSA) is 51.8 Å². The Morgan fingerprint density at radius 2 is 2.05 bits per heavy atom. The molecule has 0 N–H and O–H groups in total. The number of benzene rings is 1. The van der Waals surface area contributed by atoms with Gasteiger partial charge in [0, 0.05) is 16.2 Å². The van der Waals surface area contributed by atoms with E-state index in [1.807, 2.05) is 36.6 Å². The van der Waals surface area contributed by atoms with Gasteiger partial charge in [-0.15, -0.1) is 21.5 Å². The Hall–Kier alpha value is -1.37. The Balaban J connectivity index is 1.58. The molecule has 1 aromatic carbocycles. The SMILES string of the molecule is Cc1nc(Cc2nnc(SCc3ccc(Cl)cc3)o2)cs1. The molecule has 0 radical (unpaired) electrons. The van der Waals surface area contributed by atoms with E-state index < -0.39 is 0 Å². The summed E-state index contributed by atoms with van der Waals surface area (Å²) in [6, 6.07) is 7.73. The quantitative estimate of drug-likeness (QED) is 0.647. The molecule has 108 valence electrons. The smallest absolute Gasteiger partial charge is 0.276 e. The molecule has 0 spiro atoms. The summed E-state index contributed by atoms with van der Waals surface area (Å²) < 4.78 is 5.62. The Morgan fingerprint density at radius 1 is 1.24 bits per heavy atom. The van der Waals surface area contributed by atoms with Crippen LogP contribution in [0.5, 0.6) is 0 Å². The first-order chi connectivity index (χ1) is 10.2. The van der Waals surface area contributed by atoms with Crippen molar-refractivity contribution in [1.29, 1.82) is 0 Å². The molecule has 2 aromatic heterocycles. The second-order valence-corrected chi connectivity index (χ2v) is 6.84. The highest BCUT2D eigenvalue weighted by molar-refractivity contribution is 7.98. The van der Waals surface area contributed by atoms with Crippen molar-refractivity contribution in [2.45, 2.75) is 24.3 Å². The van der Waals surface area contributed by atoms with Crippen molar-refractivity contribution in [3.05, 3.63) is 56.8 Å². The zero-order chi connectivity index (χ0) is 14.7. The van der Waals surface area contributed by atoms with Gasteiger partial charge in [-0.2, -0.15) is 0 Å². The second-order valence-electron chi connectivity index (χ2n) is 4.41. The lowest BCUT2D eigenvalue weighted by Crippen LogP contribution is -1.88. The third kappa shape index (κ3) is 4.06. The van der Waals surface area contributed by atoms with Crippen LogP contribution in [0.15, 0.2) is 39.3 Å². The van der Waals surface area contributed by atoms with Crippen LogP contribution in [-0.2, 0) is 12.2 Å². The molecular formula is C14H12ClN3OS2. The average Bonchev–Trinajstić information content (AvgIpc) is 3.08. The van der Waals surface area contributed by atoms with Gasteiger partial charge in [-0.05, 0) is 24.6 Å². The van der Waals surface area contributed by atoms with Gasteiger partial charge in [-0.1, -0.05) is 35.5 Å². The third-order valence-corrected chi connectivity index (χ3v) is 4.69. The number of hydrogen-bond donors (Lipinski definition) is 0. The summed E-state index contributed by atoms with van der Waals surface area (Å²) in [5, 5.41) is 12.5. The zero-order valence-electron chi connectivity index (χ0n) is 11.2. The number of halogens is 1. The average molecular weight is 338 g/mol. The van der Waals surface area contributed by atoms with E-state index in [0.717, 1.165) is 21.5 Å². The number of rotatable bonds is 5. The van der Waals surface area contributed by atoms with Gasteiger partial charge in [0.15, 0.2) is 0 Å². The number of thioether (sulfide) groups is 1. The maximum absolute atomic E-state index is 5.86. The molecule has 0 atom stereocenters. The molecule has 0 saturated carbocycles. The number of aromatic nitrogens is 3. The zero-order valence-corrected chi connectivity index (χ0v) is 13.6. The van der Waals surface area contributed by atoms with Crippen LogP contribution in [0.3, 0.4) is 0 Å². The lowest BCUT2D eigenvalue weighted by atomic mass is 10.2. The van der Waals surface area contributed by atoms with Crippen LogP contribution in [0, 0.1) is 6.92 Å². The molecule has 2 heterocycles. The molecule has 0 fully saturated rings. The van der Waals surface area contributed by atoms with E-state index in [0.29, 0.717) is 17.5 Å². The van der Waals surface area contributed by atoms with Crippen LogP contribution < -0.4 is 0 Å². The van der Waals surface area contributed by atoms with Gasteiger partial charge in [-0.3, -0.25) is 0 Å². The molecule has 0 aliphatic rings. The molecule has 3 rings (SSSR count). The summed E-state index contributed by atoms with van der Waals surface area (Å²) >= 11 is 9.00. The summed E-state index contributed by atoms with van der Waals surface area (Å²) in [6.07, 6.45) is 0.582. The van der Waals surface area contributed by atoms with Crippen molar-refractivity contribution in [3.63, 3.8) is 0 Å². The minimum absolute atomic E-state index is 0.576. The first-order valence-corrected chi connectivity index (χ1v) is 8.54. The Bertz CT molecular complexity index is 724. The van der Waals surface area contributed by atoms with Crippen molar-refractivity contribution in [2.75, 3.05) is 0 Å². The fraction of sp³-hybridized carbons (Fsp3) is 0.214. The minimum Gasteiger partial charge on any atom is -0.416 e. The molecule has 21 heavy (non-hydrogen) atoms.